The van der Waals surface area contributed by atoms with Crippen molar-refractivity contribution in [1.82, 2.24) is 4.98 Å². The van der Waals surface area contributed by atoms with Crippen molar-refractivity contribution in [2.45, 2.75) is 26.2 Å². The maximum Gasteiger partial charge on any atom is 0.149 e. The van der Waals surface area contributed by atoms with E-state index in [1.807, 2.05) is 0 Å². The van der Waals surface area contributed by atoms with Gasteiger partial charge in [0.15, 0.2) is 0 Å². The van der Waals surface area contributed by atoms with Crippen LogP contribution in [-0.2, 0) is 12.8 Å². The maximum atomic E-state index is 14.0. The van der Waals surface area contributed by atoms with Gasteiger partial charge in [-0.15, -0.1) is 0 Å². The fourth-order valence-corrected chi connectivity index (χ4v) is 2.80. The lowest BCUT2D eigenvalue weighted by molar-refractivity contribution is 0.607. The number of nitrogens with zero attached hydrogens (tertiary/aromatic N) is 1. The van der Waals surface area contributed by atoms with E-state index in [4.69, 9.17) is 11.6 Å². The molecular weight excluding hydrogens is 244 g/mol. The number of rotatable bonds is 0. The Morgan fingerprint density at radius 3 is 2.82 bits per heavy atom. The second-order valence-corrected chi connectivity index (χ2v) is 4.80. The Kier molecular flexibility index (Phi) is 2.33. The molecule has 0 saturated heterocycles. The molecule has 0 amide bonds. The highest BCUT2D eigenvalue weighted by molar-refractivity contribution is 6.36. The molecule has 1 nitrogen and oxygen atoms in total. The number of pyridine rings is 1. The first-order chi connectivity index (χ1) is 8.09. The molecule has 3 rings (SSSR count). The molecule has 1 aromatic carbocycles. The van der Waals surface area contributed by atoms with E-state index in [0.29, 0.717) is 5.02 Å². The molecule has 0 unspecified atom stereocenters. The second kappa shape index (κ2) is 3.64. The molecule has 1 heterocycles. The van der Waals surface area contributed by atoms with Gasteiger partial charge in [0.05, 0.1) is 10.4 Å². The molecule has 88 valence electrons. The van der Waals surface area contributed by atoms with Crippen molar-refractivity contribution >= 4 is 22.5 Å². The summed E-state index contributed by atoms with van der Waals surface area (Å²) in [7, 11) is 0. The van der Waals surface area contributed by atoms with Crippen molar-refractivity contribution in [3.63, 3.8) is 0 Å². The third kappa shape index (κ3) is 1.45. The molecule has 0 bridgehead atoms. The van der Waals surface area contributed by atoms with Crippen molar-refractivity contribution in [3.05, 3.63) is 39.5 Å². The lowest BCUT2D eigenvalue weighted by Crippen LogP contribution is -1.98. The lowest BCUT2D eigenvalue weighted by atomic mass is 10.1. The van der Waals surface area contributed by atoms with E-state index in [1.54, 1.807) is 0 Å². The molecule has 0 atom stereocenters. The predicted octanol–water partition coefficient (Wildman–Crippen LogP) is 3.96. The fourth-order valence-electron chi connectivity index (χ4n) is 2.43. The van der Waals surface area contributed by atoms with Gasteiger partial charge in [0.25, 0.3) is 0 Å². The van der Waals surface area contributed by atoms with Crippen molar-refractivity contribution in [2.24, 2.45) is 0 Å². The average molecular weight is 254 g/mol. The van der Waals surface area contributed by atoms with Crippen molar-refractivity contribution < 1.29 is 8.78 Å². The van der Waals surface area contributed by atoms with Crippen LogP contribution < -0.4 is 0 Å². The van der Waals surface area contributed by atoms with Crippen molar-refractivity contribution in [2.75, 3.05) is 0 Å². The highest BCUT2D eigenvalue weighted by Crippen LogP contribution is 2.36. The highest BCUT2D eigenvalue weighted by atomic mass is 35.5. The Bertz CT molecular complexity index is 637. The van der Waals surface area contributed by atoms with Gasteiger partial charge in [-0.3, -0.25) is 0 Å². The van der Waals surface area contributed by atoms with E-state index >= 15 is 0 Å². The van der Waals surface area contributed by atoms with Gasteiger partial charge in [-0.1, -0.05) is 11.6 Å². The van der Waals surface area contributed by atoms with Crippen LogP contribution in [-0.4, -0.2) is 4.98 Å². The normalized spacial score (nSPS) is 14.4. The SMILES string of the molecule is Cc1cc(F)c2nc3c(c(Cl)c2c1F)CCC3. The Balaban J connectivity index is 2.52. The van der Waals surface area contributed by atoms with Crippen molar-refractivity contribution in [3.8, 4) is 0 Å². The first-order valence-electron chi connectivity index (χ1n) is 5.55. The van der Waals surface area contributed by atoms with E-state index in [-0.39, 0.29) is 16.5 Å². The number of hydrogen-bond acceptors (Lipinski definition) is 1. The quantitative estimate of drug-likeness (QED) is 0.692. The second-order valence-electron chi connectivity index (χ2n) is 4.42. The zero-order chi connectivity index (χ0) is 12.2. The van der Waals surface area contributed by atoms with Crippen LogP contribution >= 0.6 is 11.6 Å². The Labute approximate surface area is 102 Å². The number of benzene rings is 1. The summed E-state index contributed by atoms with van der Waals surface area (Å²) in [6.07, 6.45) is 2.53. The Hall–Kier alpha value is -1.22. The summed E-state index contributed by atoms with van der Waals surface area (Å²) in [5.41, 5.74) is 2.00. The molecule has 4 heteroatoms. The number of aryl methyl sites for hydroxylation is 2. The van der Waals surface area contributed by atoms with Gasteiger partial charge in [-0.25, -0.2) is 13.8 Å². The fraction of sp³-hybridized carbons (Fsp3) is 0.308. The summed E-state index contributed by atoms with van der Waals surface area (Å²) in [6.45, 7) is 1.53. The first-order valence-corrected chi connectivity index (χ1v) is 5.93. The third-order valence-corrected chi connectivity index (χ3v) is 3.71. The monoisotopic (exact) mass is 253 g/mol. The number of halogens is 3. The third-order valence-electron chi connectivity index (χ3n) is 3.29. The largest absolute Gasteiger partial charge is 0.249 e. The van der Waals surface area contributed by atoms with Crippen LogP contribution in [0.25, 0.3) is 10.9 Å². The molecular formula is C13H10ClF2N. The minimum absolute atomic E-state index is 0.0544. The highest BCUT2D eigenvalue weighted by Gasteiger charge is 2.22. The Morgan fingerprint density at radius 2 is 2.06 bits per heavy atom. The molecule has 2 aromatic rings. The van der Waals surface area contributed by atoms with E-state index < -0.39 is 11.6 Å². The van der Waals surface area contributed by atoms with Crippen LogP contribution in [0.15, 0.2) is 6.07 Å². The molecule has 0 spiro atoms. The molecule has 1 aromatic heterocycles. The summed E-state index contributed by atoms with van der Waals surface area (Å²) < 4.78 is 27.8. The maximum absolute atomic E-state index is 14.0. The van der Waals surface area contributed by atoms with Crippen LogP contribution in [0.3, 0.4) is 0 Å². The summed E-state index contributed by atoms with van der Waals surface area (Å²) in [6, 6.07) is 1.17. The lowest BCUT2D eigenvalue weighted by Gasteiger charge is -2.09. The van der Waals surface area contributed by atoms with E-state index in [9.17, 15) is 8.78 Å². The summed E-state index contributed by atoms with van der Waals surface area (Å²) in [5.74, 6) is -0.968. The van der Waals surface area contributed by atoms with Crippen LogP contribution in [0, 0.1) is 18.6 Å². The van der Waals surface area contributed by atoms with E-state index in [1.165, 1.54) is 13.0 Å². The summed E-state index contributed by atoms with van der Waals surface area (Å²) in [4.78, 5) is 4.22. The zero-order valence-electron chi connectivity index (χ0n) is 9.28. The van der Waals surface area contributed by atoms with Crippen LogP contribution in [0.4, 0.5) is 8.78 Å². The van der Waals surface area contributed by atoms with Gasteiger partial charge in [0.2, 0.25) is 0 Å². The summed E-state index contributed by atoms with van der Waals surface area (Å²) in [5, 5.41) is 0.465. The van der Waals surface area contributed by atoms with Crippen molar-refractivity contribution in [1.29, 1.82) is 0 Å². The average Bonchev–Trinajstić information content (AvgIpc) is 2.74. The molecule has 1 aliphatic rings. The van der Waals surface area contributed by atoms with Gasteiger partial charge in [-0.2, -0.15) is 0 Å². The molecule has 0 radical (unpaired) electrons. The molecule has 0 saturated carbocycles. The minimum Gasteiger partial charge on any atom is -0.249 e. The molecule has 17 heavy (non-hydrogen) atoms. The van der Waals surface area contributed by atoms with Gasteiger partial charge in [0, 0.05) is 5.69 Å². The minimum atomic E-state index is -0.504. The standard InChI is InChI=1S/C13H10ClF2N/c1-6-5-8(15)13-10(12(6)16)11(14)7-3-2-4-9(7)17-13/h5H,2-4H2,1H3. The first kappa shape index (κ1) is 10.9. The van der Waals surface area contributed by atoms with Gasteiger partial charge in [-0.05, 0) is 43.4 Å². The zero-order valence-corrected chi connectivity index (χ0v) is 10.0. The van der Waals surface area contributed by atoms with Gasteiger partial charge >= 0.3 is 0 Å². The molecule has 1 aliphatic carbocycles. The van der Waals surface area contributed by atoms with Gasteiger partial charge in [0.1, 0.15) is 17.2 Å². The smallest absolute Gasteiger partial charge is 0.149 e. The van der Waals surface area contributed by atoms with Crippen LogP contribution in [0.1, 0.15) is 23.2 Å². The predicted molar refractivity (Wildman–Crippen MR) is 63.4 cm³/mol. The Morgan fingerprint density at radius 1 is 1.29 bits per heavy atom. The number of hydrogen-bond donors (Lipinski definition) is 0. The summed E-state index contributed by atoms with van der Waals surface area (Å²) >= 11 is 6.19. The number of fused-ring (bicyclic) bond motifs is 2. The molecule has 0 N–H and O–H groups in total. The van der Waals surface area contributed by atoms with Crippen LogP contribution in [0.2, 0.25) is 5.02 Å². The topological polar surface area (TPSA) is 12.9 Å². The van der Waals surface area contributed by atoms with E-state index in [0.717, 1.165) is 30.5 Å². The molecule has 0 fully saturated rings. The van der Waals surface area contributed by atoms with Crippen LogP contribution in [0.5, 0.6) is 0 Å². The van der Waals surface area contributed by atoms with Gasteiger partial charge < -0.3 is 0 Å². The van der Waals surface area contributed by atoms with E-state index in [2.05, 4.69) is 4.98 Å². The molecule has 0 aliphatic heterocycles. The number of aromatic nitrogens is 1.